The maximum atomic E-state index is 12.9. The number of sulfone groups is 1. The summed E-state index contributed by atoms with van der Waals surface area (Å²) in [5, 5.41) is 6.44. The van der Waals surface area contributed by atoms with Crippen LogP contribution in [0.4, 0.5) is 16.5 Å². The minimum absolute atomic E-state index is 0.186. The number of aromatic nitrogens is 3. The molecule has 8 nitrogen and oxygen atoms in total. The van der Waals surface area contributed by atoms with Crippen LogP contribution in [0.25, 0.3) is 11.0 Å². The molecular weight excluding hydrogens is 422 g/mol. The van der Waals surface area contributed by atoms with Crippen molar-refractivity contribution in [3.8, 4) is 0 Å². The zero-order valence-corrected chi connectivity index (χ0v) is 17.7. The summed E-state index contributed by atoms with van der Waals surface area (Å²) < 4.78 is 27.4. The summed E-state index contributed by atoms with van der Waals surface area (Å²) in [6.07, 6.45) is 2.73. The van der Waals surface area contributed by atoms with E-state index in [9.17, 15) is 13.2 Å². The minimum atomic E-state index is -3.30. The lowest BCUT2D eigenvalue weighted by atomic mass is 10.2. The predicted molar refractivity (Wildman–Crippen MR) is 117 cm³/mol. The molecule has 0 saturated heterocycles. The van der Waals surface area contributed by atoms with Gasteiger partial charge >= 0.3 is 0 Å². The monoisotopic (exact) mass is 439 g/mol. The molecule has 2 aromatic heterocycles. The number of carbonyl (C=O) groups excluding carboxylic acids is 1. The number of carbonyl (C=O) groups is 1. The van der Waals surface area contributed by atoms with E-state index in [1.807, 2.05) is 24.3 Å². The van der Waals surface area contributed by atoms with Crippen molar-refractivity contribution < 1.29 is 13.2 Å². The minimum Gasteiger partial charge on any atom is -0.329 e. The molecule has 2 aromatic carbocycles. The van der Waals surface area contributed by atoms with E-state index < -0.39 is 9.84 Å². The molecule has 2 heterocycles. The summed E-state index contributed by atoms with van der Waals surface area (Å²) in [7, 11) is -3.30. The van der Waals surface area contributed by atoms with E-state index in [1.54, 1.807) is 25.3 Å². The summed E-state index contributed by atoms with van der Waals surface area (Å²) in [4.78, 5) is 21.9. The van der Waals surface area contributed by atoms with Crippen LogP contribution in [0.3, 0.4) is 0 Å². The number of amides is 1. The van der Waals surface area contributed by atoms with Crippen LogP contribution >= 0.6 is 11.5 Å². The third-order valence-corrected chi connectivity index (χ3v) is 6.30. The van der Waals surface area contributed by atoms with E-state index in [1.165, 1.54) is 12.1 Å². The Bertz CT molecular complexity index is 1350. The Morgan fingerprint density at radius 1 is 1.03 bits per heavy atom. The first-order valence-corrected chi connectivity index (χ1v) is 11.5. The van der Waals surface area contributed by atoms with Gasteiger partial charge in [0.1, 0.15) is 10.8 Å². The molecule has 10 heteroatoms. The van der Waals surface area contributed by atoms with Gasteiger partial charge in [-0.2, -0.15) is 4.37 Å². The molecule has 4 aromatic rings. The fourth-order valence-corrected chi connectivity index (χ4v) is 4.27. The van der Waals surface area contributed by atoms with Gasteiger partial charge in [-0.05, 0) is 54.9 Å². The summed E-state index contributed by atoms with van der Waals surface area (Å²) >= 11 is 1.15. The first kappa shape index (κ1) is 19.9. The molecule has 0 aliphatic heterocycles. The lowest BCUT2D eigenvalue weighted by Crippen LogP contribution is -2.14. The lowest BCUT2D eigenvalue weighted by Gasteiger charge is -2.09. The smallest absolute Gasteiger partial charge is 0.260 e. The molecule has 0 atom stereocenters. The van der Waals surface area contributed by atoms with Crippen LogP contribution in [0, 0.1) is 6.92 Å². The molecular formula is C20H17N5O3S2. The molecule has 0 saturated carbocycles. The van der Waals surface area contributed by atoms with Crippen LogP contribution in [0.2, 0.25) is 0 Å². The van der Waals surface area contributed by atoms with Gasteiger partial charge in [-0.3, -0.25) is 9.78 Å². The first-order valence-electron chi connectivity index (χ1n) is 8.88. The van der Waals surface area contributed by atoms with E-state index in [4.69, 9.17) is 0 Å². The Kier molecular flexibility index (Phi) is 5.18. The Morgan fingerprint density at radius 2 is 1.73 bits per heavy atom. The van der Waals surface area contributed by atoms with Gasteiger partial charge in [0.05, 0.1) is 33.4 Å². The fraction of sp³-hybridized carbons (Fsp3) is 0.100. The van der Waals surface area contributed by atoms with Crippen molar-refractivity contribution in [1.82, 2.24) is 14.3 Å². The Balaban J connectivity index is 1.57. The average molecular weight is 440 g/mol. The Morgan fingerprint density at radius 3 is 2.43 bits per heavy atom. The quantitative estimate of drug-likeness (QED) is 0.486. The predicted octanol–water partition coefficient (Wildman–Crippen LogP) is 3.79. The maximum Gasteiger partial charge on any atom is 0.260 e. The second-order valence-corrected chi connectivity index (χ2v) is 9.38. The normalized spacial score (nSPS) is 11.4. The molecule has 0 radical (unpaired) electrons. The summed E-state index contributed by atoms with van der Waals surface area (Å²) in [5.74, 6) is 0.147. The zero-order valence-electron chi connectivity index (χ0n) is 16.1. The second-order valence-electron chi connectivity index (χ2n) is 6.59. The van der Waals surface area contributed by atoms with Crippen molar-refractivity contribution in [3.63, 3.8) is 0 Å². The largest absolute Gasteiger partial charge is 0.329 e. The third kappa shape index (κ3) is 4.14. The number of fused-ring (bicyclic) bond motifs is 1. The van der Waals surface area contributed by atoms with Gasteiger partial charge in [0.15, 0.2) is 9.84 Å². The number of nitrogens with zero attached hydrogens (tertiary/aromatic N) is 3. The Hall–Kier alpha value is -3.37. The van der Waals surface area contributed by atoms with E-state index in [-0.39, 0.29) is 10.8 Å². The van der Waals surface area contributed by atoms with Crippen molar-refractivity contribution in [3.05, 3.63) is 66.0 Å². The van der Waals surface area contributed by atoms with Crippen molar-refractivity contribution in [1.29, 1.82) is 0 Å². The van der Waals surface area contributed by atoms with Gasteiger partial charge in [0.25, 0.3) is 5.91 Å². The van der Waals surface area contributed by atoms with Crippen LogP contribution in [0.15, 0.2) is 59.6 Å². The number of rotatable bonds is 5. The number of aryl methyl sites for hydroxylation is 1. The summed E-state index contributed by atoms with van der Waals surface area (Å²) in [5.41, 5.74) is 2.96. The number of hydrogen-bond acceptors (Lipinski definition) is 8. The molecule has 0 aliphatic rings. The standard InChI is InChI=1S/C20H17N5O3S2/c1-12-18(19(26)22-13-7-9-14(10-8-13)30(2,27)28)20(29-25-12)24-17-11-21-15-5-3-4-6-16(15)23-17/h3-11H,1-2H3,(H,22,26)(H,23,24). The number of para-hydroxylation sites is 2. The highest BCUT2D eigenvalue weighted by Gasteiger charge is 2.19. The summed E-state index contributed by atoms with van der Waals surface area (Å²) in [6.45, 7) is 1.75. The molecule has 0 unspecified atom stereocenters. The number of hydrogen-bond donors (Lipinski definition) is 2. The van der Waals surface area contributed by atoms with E-state index in [2.05, 4.69) is 25.0 Å². The Labute approximate surface area is 177 Å². The zero-order chi connectivity index (χ0) is 21.3. The highest BCUT2D eigenvalue weighted by molar-refractivity contribution is 7.90. The van der Waals surface area contributed by atoms with Crippen LogP contribution in [-0.4, -0.2) is 34.9 Å². The van der Waals surface area contributed by atoms with Crippen molar-refractivity contribution in [2.24, 2.45) is 0 Å². The molecule has 0 fully saturated rings. The van der Waals surface area contributed by atoms with E-state index >= 15 is 0 Å². The number of anilines is 3. The van der Waals surface area contributed by atoms with Crippen LogP contribution < -0.4 is 10.6 Å². The van der Waals surface area contributed by atoms with Crippen LogP contribution in [0.1, 0.15) is 16.1 Å². The molecule has 1 amide bonds. The SMILES string of the molecule is Cc1nsc(Nc2cnc3ccccc3n2)c1C(=O)Nc1ccc(S(C)(=O)=O)cc1. The molecule has 152 valence electrons. The molecule has 0 aliphatic carbocycles. The van der Waals surface area contributed by atoms with Gasteiger partial charge in [-0.1, -0.05) is 12.1 Å². The first-order chi connectivity index (χ1) is 14.3. The summed E-state index contributed by atoms with van der Waals surface area (Å²) in [6, 6.07) is 13.5. The molecule has 30 heavy (non-hydrogen) atoms. The third-order valence-electron chi connectivity index (χ3n) is 4.32. The van der Waals surface area contributed by atoms with Gasteiger partial charge in [-0.25, -0.2) is 13.4 Å². The van der Waals surface area contributed by atoms with Crippen molar-refractivity contribution in [2.45, 2.75) is 11.8 Å². The second kappa shape index (κ2) is 7.81. The van der Waals surface area contributed by atoms with Gasteiger partial charge in [0.2, 0.25) is 0 Å². The van der Waals surface area contributed by atoms with Crippen molar-refractivity contribution in [2.75, 3.05) is 16.9 Å². The molecule has 2 N–H and O–H groups in total. The van der Waals surface area contributed by atoms with Crippen molar-refractivity contribution >= 4 is 54.8 Å². The number of nitrogens with one attached hydrogen (secondary N) is 2. The number of benzene rings is 2. The molecule has 0 spiro atoms. The molecule has 0 bridgehead atoms. The molecule has 4 rings (SSSR count). The highest BCUT2D eigenvalue weighted by atomic mass is 32.2. The topological polar surface area (TPSA) is 114 Å². The van der Waals surface area contributed by atoms with Gasteiger partial charge in [-0.15, -0.1) is 0 Å². The van der Waals surface area contributed by atoms with E-state index in [0.29, 0.717) is 27.8 Å². The highest BCUT2D eigenvalue weighted by Crippen LogP contribution is 2.28. The van der Waals surface area contributed by atoms with Crippen LogP contribution in [-0.2, 0) is 9.84 Å². The maximum absolute atomic E-state index is 12.9. The van der Waals surface area contributed by atoms with Crippen LogP contribution in [0.5, 0.6) is 0 Å². The average Bonchev–Trinajstić information content (AvgIpc) is 3.07. The lowest BCUT2D eigenvalue weighted by molar-refractivity contribution is 0.102. The van der Waals surface area contributed by atoms with Gasteiger partial charge in [0, 0.05) is 11.9 Å². The fourth-order valence-electron chi connectivity index (χ4n) is 2.84. The van der Waals surface area contributed by atoms with Gasteiger partial charge < -0.3 is 10.6 Å². The van der Waals surface area contributed by atoms with E-state index in [0.717, 1.165) is 28.8 Å².